The van der Waals surface area contributed by atoms with Crippen molar-refractivity contribution in [2.24, 2.45) is 11.1 Å². The van der Waals surface area contributed by atoms with Crippen LogP contribution in [0, 0.1) is 5.41 Å². The Morgan fingerprint density at radius 3 is 2.56 bits per heavy atom. The van der Waals surface area contributed by atoms with Gasteiger partial charge in [0.15, 0.2) is 11.5 Å². The molecule has 0 spiro atoms. The van der Waals surface area contributed by atoms with Crippen molar-refractivity contribution >= 4 is 0 Å². The van der Waals surface area contributed by atoms with Crippen molar-refractivity contribution in [2.45, 2.75) is 25.7 Å². The lowest BCUT2D eigenvalue weighted by molar-refractivity contribution is 0.153. The third-order valence-electron chi connectivity index (χ3n) is 3.50. The van der Waals surface area contributed by atoms with Crippen molar-refractivity contribution < 1.29 is 9.84 Å². The number of phenols is 1. The summed E-state index contributed by atoms with van der Waals surface area (Å²) < 4.78 is 5.68. The number of ether oxygens (including phenoxy) is 1. The van der Waals surface area contributed by atoms with Crippen molar-refractivity contribution in [3.8, 4) is 11.5 Å². The van der Waals surface area contributed by atoms with Crippen molar-refractivity contribution in [3.05, 3.63) is 24.3 Å². The van der Waals surface area contributed by atoms with E-state index < -0.39 is 0 Å². The molecule has 1 aromatic rings. The average Bonchev–Trinajstić information content (AvgIpc) is 2.78. The zero-order valence-electron chi connectivity index (χ0n) is 9.48. The number of benzene rings is 1. The van der Waals surface area contributed by atoms with Crippen LogP contribution < -0.4 is 10.5 Å². The fourth-order valence-corrected chi connectivity index (χ4v) is 2.34. The molecule has 0 aromatic heterocycles. The molecule has 3 heteroatoms. The number of para-hydroxylation sites is 2. The van der Waals surface area contributed by atoms with Crippen LogP contribution in [-0.4, -0.2) is 18.3 Å². The maximum absolute atomic E-state index is 9.58. The normalized spacial score (nSPS) is 18.6. The molecule has 0 saturated heterocycles. The predicted octanol–water partition coefficient (Wildman–Crippen LogP) is 2.29. The first-order valence-electron chi connectivity index (χ1n) is 5.87. The van der Waals surface area contributed by atoms with Crippen molar-refractivity contribution in [1.82, 2.24) is 0 Å². The lowest BCUT2D eigenvalue weighted by Crippen LogP contribution is -2.33. The standard InChI is InChI=1S/C13H19NO2/c14-9-13(7-3-4-8-13)10-16-12-6-2-1-5-11(12)15/h1-2,5-6,15H,3-4,7-10,14H2. The summed E-state index contributed by atoms with van der Waals surface area (Å²) in [4.78, 5) is 0. The van der Waals surface area contributed by atoms with Crippen LogP contribution in [0.3, 0.4) is 0 Å². The van der Waals surface area contributed by atoms with E-state index in [0.29, 0.717) is 18.9 Å². The van der Waals surface area contributed by atoms with Gasteiger partial charge in [-0.3, -0.25) is 0 Å². The quantitative estimate of drug-likeness (QED) is 0.820. The van der Waals surface area contributed by atoms with Gasteiger partial charge >= 0.3 is 0 Å². The fraction of sp³-hybridized carbons (Fsp3) is 0.538. The summed E-state index contributed by atoms with van der Waals surface area (Å²) in [5.41, 5.74) is 5.96. The topological polar surface area (TPSA) is 55.5 Å². The van der Waals surface area contributed by atoms with Crippen molar-refractivity contribution in [3.63, 3.8) is 0 Å². The van der Waals surface area contributed by atoms with Gasteiger partial charge in [0.25, 0.3) is 0 Å². The van der Waals surface area contributed by atoms with E-state index >= 15 is 0 Å². The second kappa shape index (κ2) is 4.74. The minimum absolute atomic E-state index is 0.127. The van der Waals surface area contributed by atoms with Crippen LogP contribution in [0.4, 0.5) is 0 Å². The summed E-state index contributed by atoms with van der Waals surface area (Å²) in [6, 6.07) is 7.07. The summed E-state index contributed by atoms with van der Waals surface area (Å²) in [7, 11) is 0. The number of phenolic OH excluding ortho intramolecular Hbond substituents is 1. The molecule has 1 aliphatic carbocycles. The highest BCUT2D eigenvalue weighted by atomic mass is 16.5. The molecule has 1 aromatic carbocycles. The highest BCUT2D eigenvalue weighted by molar-refractivity contribution is 5.37. The van der Waals surface area contributed by atoms with Crippen LogP contribution in [0.1, 0.15) is 25.7 Å². The van der Waals surface area contributed by atoms with Crippen LogP contribution in [0.5, 0.6) is 11.5 Å². The Morgan fingerprint density at radius 2 is 1.94 bits per heavy atom. The molecular formula is C13H19NO2. The highest BCUT2D eigenvalue weighted by Crippen LogP contribution is 2.38. The molecule has 0 atom stereocenters. The van der Waals surface area contributed by atoms with E-state index in [1.165, 1.54) is 12.8 Å². The second-order valence-electron chi connectivity index (χ2n) is 4.67. The summed E-state index contributed by atoms with van der Waals surface area (Å²) in [6.07, 6.45) is 4.75. The predicted molar refractivity (Wildman–Crippen MR) is 63.6 cm³/mol. The maximum Gasteiger partial charge on any atom is 0.160 e. The van der Waals surface area contributed by atoms with Crippen LogP contribution in [0.2, 0.25) is 0 Å². The Kier molecular flexibility index (Phi) is 3.34. The van der Waals surface area contributed by atoms with Crippen LogP contribution in [0.25, 0.3) is 0 Å². The van der Waals surface area contributed by atoms with E-state index in [0.717, 1.165) is 12.8 Å². The van der Waals surface area contributed by atoms with E-state index in [1.807, 2.05) is 6.07 Å². The van der Waals surface area contributed by atoms with Crippen LogP contribution in [0.15, 0.2) is 24.3 Å². The summed E-state index contributed by atoms with van der Waals surface area (Å²) >= 11 is 0. The minimum Gasteiger partial charge on any atom is -0.504 e. The second-order valence-corrected chi connectivity index (χ2v) is 4.67. The van der Waals surface area contributed by atoms with E-state index in [9.17, 15) is 5.11 Å². The van der Waals surface area contributed by atoms with Crippen molar-refractivity contribution in [2.75, 3.05) is 13.2 Å². The molecule has 0 aliphatic heterocycles. The van der Waals surface area contributed by atoms with Crippen LogP contribution >= 0.6 is 0 Å². The third kappa shape index (κ3) is 2.30. The summed E-state index contributed by atoms with van der Waals surface area (Å²) in [5.74, 6) is 0.759. The Bertz CT molecular complexity index is 346. The molecule has 16 heavy (non-hydrogen) atoms. The van der Waals surface area contributed by atoms with E-state index in [1.54, 1.807) is 18.2 Å². The monoisotopic (exact) mass is 221 g/mol. The number of aromatic hydroxyl groups is 1. The SMILES string of the molecule is NCC1(COc2ccccc2O)CCCC1. The highest BCUT2D eigenvalue weighted by Gasteiger charge is 2.33. The number of hydrogen-bond donors (Lipinski definition) is 2. The largest absolute Gasteiger partial charge is 0.504 e. The molecule has 0 bridgehead atoms. The summed E-state index contributed by atoms with van der Waals surface area (Å²) in [5, 5.41) is 9.58. The first-order valence-corrected chi connectivity index (χ1v) is 5.87. The molecule has 88 valence electrons. The van der Waals surface area contributed by atoms with E-state index in [-0.39, 0.29) is 11.2 Å². The van der Waals surface area contributed by atoms with Gasteiger partial charge in [0, 0.05) is 12.0 Å². The molecule has 1 fully saturated rings. The van der Waals surface area contributed by atoms with E-state index in [2.05, 4.69) is 0 Å². The van der Waals surface area contributed by atoms with Gasteiger partial charge in [-0.2, -0.15) is 0 Å². The number of hydrogen-bond acceptors (Lipinski definition) is 3. The van der Waals surface area contributed by atoms with Crippen molar-refractivity contribution in [1.29, 1.82) is 0 Å². The molecule has 3 nitrogen and oxygen atoms in total. The van der Waals surface area contributed by atoms with Gasteiger partial charge in [0.2, 0.25) is 0 Å². The molecule has 1 aliphatic rings. The number of nitrogens with two attached hydrogens (primary N) is 1. The van der Waals surface area contributed by atoms with Gasteiger partial charge in [-0.25, -0.2) is 0 Å². The first kappa shape index (κ1) is 11.3. The lowest BCUT2D eigenvalue weighted by Gasteiger charge is -2.27. The van der Waals surface area contributed by atoms with Gasteiger partial charge < -0.3 is 15.6 Å². The zero-order chi connectivity index (χ0) is 11.4. The Balaban J connectivity index is 1.98. The molecule has 0 amide bonds. The maximum atomic E-state index is 9.58. The Morgan fingerprint density at radius 1 is 1.25 bits per heavy atom. The average molecular weight is 221 g/mol. The van der Waals surface area contributed by atoms with Gasteiger partial charge in [0.05, 0.1) is 6.61 Å². The molecular weight excluding hydrogens is 202 g/mol. The Hall–Kier alpha value is -1.22. The third-order valence-corrected chi connectivity index (χ3v) is 3.50. The first-order chi connectivity index (χ1) is 7.76. The molecule has 0 unspecified atom stereocenters. The van der Waals surface area contributed by atoms with Gasteiger partial charge in [-0.1, -0.05) is 25.0 Å². The summed E-state index contributed by atoms with van der Waals surface area (Å²) in [6.45, 7) is 1.28. The smallest absolute Gasteiger partial charge is 0.160 e. The van der Waals surface area contributed by atoms with Crippen LogP contribution in [-0.2, 0) is 0 Å². The van der Waals surface area contributed by atoms with Gasteiger partial charge in [-0.15, -0.1) is 0 Å². The minimum atomic E-state index is 0.127. The zero-order valence-corrected chi connectivity index (χ0v) is 9.48. The molecule has 2 rings (SSSR count). The lowest BCUT2D eigenvalue weighted by atomic mass is 9.87. The Labute approximate surface area is 96.2 Å². The number of rotatable bonds is 4. The van der Waals surface area contributed by atoms with Gasteiger partial charge in [0.1, 0.15) is 0 Å². The molecule has 0 radical (unpaired) electrons. The molecule has 3 N–H and O–H groups in total. The molecule has 1 saturated carbocycles. The fourth-order valence-electron chi connectivity index (χ4n) is 2.34. The molecule has 0 heterocycles. The van der Waals surface area contributed by atoms with E-state index in [4.69, 9.17) is 10.5 Å². The van der Waals surface area contributed by atoms with Gasteiger partial charge in [-0.05, 0) is 25.0 Å².